The molecule has 0 saturated carbocycles. The van der Waals surface area contributed by atoms with Crippen LogP contribution in [0.5, 0.6) is 5.75 Å². The molecule has 3 rings (SSSR count). The minimum atomic E-state index is -2.94. The number of hydrogen-bond donors (Lipinski definition) is 0. The number of halogens is 3. The molecule has 0 aliphatic heterocycles. The summed E-state index contributed by atoms with van der Waals surface area (Å²) in [4.78, 5) is 21.7. The van der Waals surface area contributed by atoms with Crippen molar-refractivity contribution in [2.75, 3.05) is 13.7 Å². The Hall–Kier alpha value is -2.58. The molecular formula is C20H20ClF2N3O3. The van der Waals surface area contributed by atoms with Crippen molar-refractivity contribution in [1.29, 1.82) is 0 Å². The average Bonchev–Trinajstić information content (AvgIpc) is 2.67. The second-order valence-electron chi connectivity index (χ2n) is 6.44. The third kappa shape index (κ3) is 4.23. The Bertz CT molecular complexity index is 1090. The van der Waals surface area contributed by atoms with Crippen molar-refractivity contribution >= 4 is 22.8 Å². The Labute approximate surface area is 171 Å². The fourth-order valence-electron chi connectivity index (χ4n) is 3.23. The van der Waals surface area contributed by atoms with Gasteiger partial charge in [0.15, 0.2) is 5.65 Å². The highest BCUT2D eigenvalue weighted by atomic mass is 35.5. The van der Waals surface area contributed by atoms with Crippen LogP contribution in [0.3, 0.4) is 0 Å². The van der Waals surface area contributed by atoms with Gasteiger partial charge in [-0.3, -0.25) is 9.36 Å². The van der Waals surface area contributed by atoms with Crippen LogP contribution in [0.15, 0.2) is 35.3 Å². The van der Waals surface area contributed by atoms with E-state index in [4.69, 9.17) is 16.3 Å². The highest BCUT2D eigenvalue weighted by Gasteiger charge is 2.20. The van der Waals surface area contributed by atoms with Crippen LogP contribution in [-0.4, -0.2) is 34.9 Å². The van der Waals surface area contributed by atoms with E-state index in [0.29, 0.717) is 41.0 Å². The number of rotatable bonds is 7. The zero-order chi connectivity index (χ0) is 21.1. The van der Waals surface area contributed by atoms with Crippen molar-refractivity contribution < 1.29 is 18.3 Å². The van der Waals surface area contributed by atoms with Crippen molar-refractivity contribution in [2.45, 2.75) is 32.9 Å². The van der Waals surface area contributed by atoms with Gasteiger partial charge in [-0.1, -0.05) is 18.5 Å². The van der Waals surface area contributed by atoms with Crippen LogP contribution >= 0.6 is 11.6 Å². The number of aromatic nitrogens is 3. The van der Waals surface area contributed by atoms with Crippen LogP contribution in [0.2, 0.25) is 5.02 Å². The number of methoxy groups -OCH3 is 1. The zero-order valence-electron chi connectivity index (χ0n) is 16.2. The fraction of sp³-hybridized carbons (Fsp3) is 0.350. The van der Waals surface area contributed by atoms with E-state index in [2.05, 4.69) is 14.7 Å². The van der Waals surface area contributed by atoms with Gasteiger partial charge in [-0.15, -0.1) is 0 Å². The zero-order valence-corrected chi connectivity index (χ0v) is 16.9. The van der Waals surface area contributed by atoms with Crippen molar-refractivity contribution in [3.63, 3.8) is 0 Å². The minimum absolute atomic E-state index is 0.0423. The van der Waals surface area contributed by atoms with Gasteiger partial charge in [0, 0.05) is 24.4 Å². The van der Waals surface area contributed by atoms with Gasteiger partial charge in [0.05, 0.1) is 17.7 Å². The normalized spacial score (nSPS) is 12.5. The highest BCUT2D eigenvalue weighted by Crippen LogP contribution is 2.35. The first-order valence-corrected chi connectivity index (χ1v) is 9.36. The van der Waals surface area contributed by atoms with Crippen LogP contribution in [0.4, 0.5) is 8.78 Å². The molecule has 0 amide bonds. The lowest BCUT2D eigenvalue weighted by Crippen LogP contribution is -2.30. The average molecular weight is 424 g/mol. The maximum absolute atomic E-state index is 12.8. The van der Waals surface area contributed by atoms with Crippen molar-refractivity contribution in [1.82, 2.24) is 14.5 Å². The number of benzene rings is 1. The molecule has 0 fully saturated rings. The van der Waals surface area contributed by atoms with E-state index in [1.165, 1.54) is 12.1 Å². The molecule has 3 aromatic rings. The Balaban J connectivity index is 2.24. The third-order valence-electron chi connectivity index (χ3n) is 4.59. The SMILES string of the molecule is CCC(COC)n1c(=O)c(C)nc2c(-c3ccc(OC(F)F)cc3Cl)ccnc21. The molecule has 0 saturated heterocycles. The molecule has 6 nitrogen and oxygen atoms in total. The molecule has 1 unspecified atom stereocenters. The lowest BCUT2D eigenvalue weighted by molar-refractivity contribution is -0.0498. The predicted octanol–water partition coefficient (Wildman–Crippen LogP) is 4.62. The summed E-state index contributed by atoms with van der Waals surface area (Å²) in [6.07, 6.45) is 2.22. The van der Waals surface area contributed by atoms with Crippen molar-refractivity contribution in [2.24, 2.45) is 0 Å². The van der Waals surface area contributed by atoms with E-state index < -0.39 is 6.61 Å². The Morgan fingerprint density at radius 1 is 1.24 bits per heavy atom. The second kappa shape index (κ2) is 8.84. The standard InChI is InChI=1S/C20H20ClF2N3O3/c1-4-12(10-28-3)26-18-17(25-11(2)19(26)27)15(7-8-24-18)14-6-5-13(9-16(14)21)29-20(22)23/h5-9,12,20H,4,10H2,1-3H3. The molecule has 0 N–H and O–H groups in total. The molecule has 9 heteroatoms. The van der Waals surface area contributed by atoms with Crippen molar-refractivity contribution in [3.8, 4) is 16.9 Å². The van der Waals surface area contributed by atoms with Crippen LogP contribution < -0.4 is 10.3 Å². The molecular weight excluding hydrogens is 404 g/mol. The predicted molar refractivity (Wildman–Crippen MR) is 107 cm³/mol. The summed E-state index contributed by atoms with van der Waals surface area (Å²) in [5.74, 6) is -0.0423. The van der Waals surface area contributed by atoms with E-state index in [0.717, 1.165) is 0 Å². The van der Waals surface area contributed by atoms with E-state index in [1.54, 1.807) is 36.9 Å². The number of ether oxygens (including phenoxy) is 2. The van der Waals surface area contributed by atoms with E-state index in [1.807, 2.05) is 6.92 Å². The smallest absolute Gasteiger partial charge is 0.387 e. The van der Waals surface area contributed by atoms with Gasteiger partial charge < -0.3 is 9.47 Å². The number of pyridine rings is 1. The fourth-order valence-corrected chi connectivity index (χ4v) is 3.50. The Morgan fingerprint density at radius 3 is 2.62 bits per heavy atom. The van der Waals surface area contributed by atoms with E-state index >= 15 is 0 Å². The molecule has 0 bridgehead atoms. The van der Waals surface area contributed by atoms with Crippen molar-refractivity contribution in [3.05, 3.63) is 51.5 Å². The quantitative estimate of drug-likeness (QED) is 0.554. The summed E-state index contributed by atoms with van der Waals surface area (Å²) in [5.41, 5.74) is 2.17. The summed E-state index contributed by atoms with van der Waals surface area (Å²) in [6, 6.07) is 5.81. The number of aryl methyl sites for hydroxylation is 1. The van der Waals surface area contributed by atoms with Gasteiger partial charge in [-0.05, 0) is 37.6 Å². The van der Waals surface area contributed by atoms with Gasteiger partial charge in [0.2, 0.25) is 0 Å². The molecule has 29 heavy (non-hydrogen) atoms. The Morgan fingerprint density at radius 2 is 2.00 bits per heavy atom. The van der Waals surface area contributed by atoms with Crippen LogP contribution in [0.1, 0.15) is 25.1 Å². The topological polar surface area (TPSA) is 66.2 Å². The number of alkyl halides is 2. The van der Waals surface area contributed by atoms with Gasteiger partial charge in [0.25, 0.3) is 5.56 Å². The van der Waals surface area contributed by atoms with Gasteiger partial charge in [-0.2, -0.15) is 8.78 Å². The van der Waals surface area contributed by atoms with Gasteiger partial charge >= 0.3 is 6.61 Å². The third-order valence-corrected chi connectivity index (χ3v) is 4.91. The molecule has 1 atom stereocenters. The number of nitrogens with zero attached hydrogens (tertiary/aromatic N) is 3. The first-order valence-electron chi connectivity index (χ1n) is 8.98. The number of hydrogen-bond acceptors (Lipinski definition) is 5. The lowest BCUT2D eigenvalue weighted by Gasteiger charge is -2.20. The summed E-state index contributed by atoms with van der Waals surface area (Å²) < 4.78 is 36.2. The summed E-state index contributed by atoms with van der Waals surface area (Å²) in [6.45, 7) is 1.00. The van der Waals surface area contributed by atoms with Gasteiger partial charge in [-0.25, -0.2) is 9.97 Å². The lowest BCUT2D eigenvalue weighted by atomic mass is 10.0. The van der Waals surface area contributed by atoms with E-state index in [-0.39, 0.29) is 22.4 Å². The van der Waals surface area contributed by atoms with Crippen LogP contribution in [-0.2, 0) is 4.74 Å². The molecule has 0 aliphatic rings. The van der Waals surface area contributed by atoms with E-state index in [9.17, 15) is 13.6 Å². The first kappa shape index (κ1) is 21.1. The molecule has 2 heterocycles. The highest BCUT2D eigenvalue weighted by molar-refractivity contribution is 6.33. The minimum Gasteiger partial charge on any atom is -0.435 e. The molecule has 0 spiro atoms. The molecule has 0 radical (unpaired) electrons. The summed E-state index contributed by atoms with van der Waals surface area (Å²) in [7, 11) is 1.57. The monoisotopic (exact) mass is 423 g/mol. The second-order valence-corrected chi connectivity index (χ2v) is 6.85. The molecule has 0 aliphatic carbocycles. The van der Waals surface area contributed by atoms with Crippen LogP contribution in [0, 0.1) is 6.92 Å². The molecule has 1 aromatic carbocycles. The first-order chi connectivity index (χ1) is 13.9. The maximum Gasteiger partial charge on any atom is 0.387 e. The maximum atomic E-state index is 12.8. The number of fused-ring (bicyclic) bond motifs is 1. The van der Waals surface area contributed by atoms with Crippen LogP contribution in [0.25, 0.3) is 22.3 Å². The molecule has 154 valence electrons. The molecule has 2 aromatic heterocycles. The Kier molecular flexibility index (Phi) is 6.44. The summed E-state index contributed by atoms with van der Waals surface area (Å²) in [5, 5.41) is 0.219. The largest absolute Gasteiger partial charge is 0.435 e. The van der Waals surface area contributed by atoms with Gasteiger partial charge in [0.1, 0.15) is 17.0 Å². The summed E-state index contributed by atoms with van der Waals surface area (Å²) >= 11 is 6.34.